The minimum absolute atomic E-state index is 0. The van der Waals surface area contributed by atoms with E-state index in [1.54, 1.807) is 6.20 Å². The van der Waals surface area contributed by atoms with E-state index in [0.29, 0.717) is 11.1 Å². The quantitative estimate of drug-likeness (QED) is 0.871. The molecule has 6 heteroatoms. The standard InChI is InChI=1S/C11H11ClN2O.2ClH/c12-7-4-10-9(14-6-7)5-11(15-10)8-2-1-3-13-8;;/h4-6,8,13H,1-3H2;2*1H. The van der Waals surface area contributed by atoms with Crippen molar-refractivity contribution >= 4 is 47.5 Å². The molecule has 1 atom stereocenters. The third-order valence-electron chi connectivity index (χ3n) is 2.76. The van der Waals surface area contributed by atoms with Gasteiger partial charge in [0.15, 0.2) is 5.58 Å². The van der Waals surface area contributed by atoms with Crippen LogP contribution in [0.2, 0.25) is 5.02 Å². The lowest BCUT2D eigenvalue weighted by Crippen LogP contribution is -2.11. The van der Waals surface area contributed by atoms with Crippen LogP contribution in [0.1, 0.15) is 24.6 Å². The second kappa shape index (κ2) is 5.91. The van der Waals surface area contributed by atoms with Gasteiger partial charge in [0.25, 0.3) is 0 Å². The van der Waals surface area contributed by atoms with Crippen molar-refractivity contribution in [1.29, 1.82) is 0 Å². The van der Waals surface area contributed by atoms with Crippen LogP contribution in [0.4, 0.5) is 0 Å². The van der Waals surface area contributed by atoms with Gasteiger partial charge in [-0.05, 0) is 19.4 Å². The summed E-state index contributed by atoms with van der Waals surface area (Å²) >= 11 is 5.85. The van der Waals surface area contributed by atoms with Crippen molar-refractivity contribution in [2.45, 2.75) is 18.9 Å². The smallest absolute Gasteiger partial charge is 0.154 e. The molecule has 1 unspecified atom stereocenters. The van der Waals surface area contributed by atoms with Crippen molar-refractivity contribution in [1.82, 2.24) is 10.3 Å². The molecule has 1 aliphatic heterocycles. The average Bonchev–Trinajstić information content (AvgIpc) is 2.84. The lowest BCUT2D eigenvalue weighted by Gasteiger charge is -2.04. The molecule has 1 fully saturated rings. The molecule has 1 saturated heterocycles. The third-order valence-corrected chi connectivity index (χ3v) is 2.97. The van der Waals surface area contributed by atoms with Crippen LogP contribution in [0.3, 0.4) is 0 Å². The zero-order chi connectivity index (χ0) is 10.3. The molecule has 2 aromatic heterocycles. The number of hydrogen-bond donors (Lipinski definition) is 1. The van der Waals surface area contributed by atoms with Crippen molar-refractivity contribution in [3.63, 3.8) is 0 Å². The molecular weight excluding hydrogens is 282 g/mol. The van der Waals surface area contributed by atoms with Crippen LogP contribution < -0.4 is 5.32 Å². The van der Waals surface area contributed by atoms with Crippen LogP contribution >= 0.6 is 36.4 Å². The Hall–Kier alpha value is -0.480. The van der Waals surface area contributed by atoms with Crippen molar-refractivity contribution in [3.8, 4) is 0 Å². The molecule has 1 N–H and O–H groups in total. The highest BCUT2D eigenvalue weighted by atomic mass is 35.5. The lowest BCUT2D eigenvalue weighted by atomic mass is 10.2. The monoisotopic (exact) mass is 294 g/mol. The number of fused-ring (bicyclic) bond motifs is 1. The maximum absolute atomic E-state index is 5.85. The highest BCUT2D eigenvalue weighted by Crippen LogP contribution is 2.28. The number of halogens is 3. The summed E-state index contributed by atoms with van der Waals surface area (Å²) in [5.41, 5.74) is 1.65. The van der Waals surface area contributed by atoms with Gasteiger partial charge in [-0.1, -0.05) is 11.6 Å². The van der Waals surface area contributed by atoms with E-state index in [2.05, 4.69) is 10.3 Å². The van der Waals surface area contributed by atoms with Crippen LogP contribution in [-0.4, -0.2) is 11.5 Å². The molecule has 3 nitrogen and oxygen atoms in total. The van der Waals surface area contributed by atoms with E-state index < -0.39 is 0 Å². The SMILES string of the molecule is Cl.Cl.Clc1cnc2cc(C3CCCN3)oc2c1. The predicted octanol–water partition coefficient (Wildman–Crippen LogP) is 3.75. The van der Waals surface area contributed by atoms with Crippen molar-refractivity contribution in [2.75, 3.05) is 6.54 Å². The van der Waals surface area contributed by atoms with E-state index in [-0.39, 0.29) is 24.8 Å². The first-order valence-electron chi connectivity index (χ1n) is 5.11. The Morgan fingerprint density at radius 2 is 2.18 bits per heavy atom. The zero-order valence-corrected chi connectivity index (χ0v) is 11.4. The van der Waals surface area contributed by atoms with Gasteiger partial charge in [0.2, 0.25) is 0 Å². The first-order chi connectivity index (χ1) is 7.33. The Morgan fingerprint density at radius 3 is 2.88 bits per heavy atom. The summed E-state index contributed by atoms with van der Waals surface area (Å²) in [6, 6.07) is 4.15. The van der Waals surface area contributed by atoms with Crippen molar-refractivity contribution in [3.05, 3.63) is 29.1 Å². The second-order valence-corrected chi connectivity index (χ2v) is 4.27. The fourth-order valence-corrected chi connectivity index (χ4v) is 2.16. The molecule has 17 heavy (non-hydrogen) atoms. The third kappa shape index (κ3) is 2.86. The van der Waals surface area contributed by atoms with Gasteiger partial charge >= 0.3 is 0 Å². The minimum Gasteiger partial charge on any atom is -0.458 e. The average molecular weight is 296 g/mol. The minimum atomic E-state index is 0. The van der Waals surface area contributed by atoms with Crippen LogP contribution in [0.25, 0.3) is 11.1 Å². The highest BCUT2D eigenvalue weighted by Gasteiger charge is 2.20. The Labute approximate surface area is 117 Å². The summed E-state index contributed by atoms with van der Waals surface area (Å²) < 4.78 is 5.72. The van der Waals surface area contributed by atoms with E-state index in [1.807, 2.05) is 12.1 Å². The second-order valence-electron chi connectivity index (χ2n) is 3.83. The van der Waals surface area contributed by atoms with Gasteiger partial charge in [0.1, 0.15) is 11.3 Å². The van der Waals surface area contributed by atoms with Gasteiger partial charge in [-0.3, -0.25) is 4.98 Å². The molecular formula is C11H13Cl3N2O. The molecule has 3 heterocycles. The Kier molecular flexibility index (Phi) is 5.07. The summed E-state index contributed by atoms with van der Waals surface area (Å²) in [6.07, 6.45) is 3.98. The van der Waals surface area contributed by atoms with Crippen LogP contribution in [0.5, 0.6) is 0 Å². The molecule has 0 aromatic carbocycles. The number of aromatic nitrogens is 1. The largest absolute Gasteiger partial charge is 0.458 e. The lowest BCUT2D eigenvalue weighted by molar-refractivity contribution is 0.471. The van der Waals surface area contributed by atoms with E-state index in [4.69, 9.17) is 16.0 Å². The van der Waals surface area contributed by atoms with Gasteiger partial charge in [0, 0.05) is 18.3 Å². The maximum atomic E-state index is 5.85. The molecule has 0 radical (unpaired) electrons. The molecule has 2 aromatic rings. The van der Waals surface area contributed by atoms with Crippen LogP contribution in [0.15, 0.2) is 22.7 Å². The molecule has 3 rings (SSSR count). The van der Waals surface area contributed by atoms with Gasteiger partial charge in [-0.15, -0.1) is 24.8 Å². The number of hydrogen-bond acceptors (Lipinski definition) is 3. The van der Waals surface area contributed by atoms with Gasteiger partial charge in [0.05, 0.1) is 11.1 Å². The number of pyridine rings is 1. The normalized spacial score (nSPS) is 18.8. The van der Waals surface area contributed by atoms with E-state index in [1.165, 1.54) is 6.42 Å². The fraction of sp³-hybridized carbons (Fsp3) is 0.364. The van der Waals surface area contributed by atoms with Crippen molar-refractivity contribution < 1.29 is 4.42 Å². The number of furan rings is 1. The zero-order valence-electron chi connectivity index (χ0n) is 8.98. The molecule has 0 spiro atoms. The molecule has 0 saturated carbocycles. The molecule has 0 bridgehead atoms. The Bertz CT molecular complexity index is 494. The summed E-state index contributed by atoms with van der Waals surface area (Å²) in [5, 5.41) is 4.01. The van der Waals surface area contributed by atoms with Crippen LogP contribution in [-0.2, 0) is 0 Å². The van der Waals surface area contributed by atoms with Gasteiger partial charge in [-0.25, -0.2) is 0 Å². The highest BCUT2D eigenvalue weighted by molar-refractivity contribution is 6.30. The summed E-state index contributed by atoms with van der Waals surface area (Å²) in [6.45, 7) is 1.07. The van der Waals surface area contributed by atoms with E-state index in [9.17, 15) is 0 Å². The molecule has 94 valence electrons. The summed E-state index contributed by atoms with van der Waals surface area (Å²) in [7, 11) is 0. The van der Waals surface area contributed by atoms with Gasteiger partial charge < -0.3 is 9.73 Å². The topological polar surface area (TPSA) is 38.1 Å². The van der Waals surface area contributed by atoms with Crippen LogP contribution in [0, 0.1) is 0 Å². The number of nitrogens with one attached hydrogen (secondary N) is 1. The first-order valence-corrected chi connectivity index (χ1v) is 5.49. The number of rotatable bonds is 1. The predicted molar refractivity (Wildman–Crippen MR) is 73.5 cm³/mol. The molecule has 0 aliphatic carbocycles. The first kappa shape index (κ1) is 14.6. The van der Waals surface area contributed by atoms with E-state index in [0.717, 1.165) is 29.8 Å². The van der Waals surface area contributed by atoms with E-state index >= 15 is 0 Å². The van der Waals surface area contributed by atoms with Gasteiger partial charge in [-0.2, -0.15) is 0 Å². The Balaban J connectivity index is 0.000000722. The molecule has 1 aliphatic rings. The Morgan fingerprint density at radius 1 is 1.35 bits per heavy atom. The fourth-order valence-electron chi connectivity index (χ4n) is 2.01. The summed E-state index contributed by atoms with van der Waals surface area (Å²) in [4.78, 5) is 4.22. The number of nitrogens with zero attached hydrogens (tertiary/aromatic N) is 1. The maximum Gasteiger partial charge on any atom is 0.154 e. The molecule has 0 amide bonds. The summed E-state index contributed by atoms with van der Waals surface area (Å²) in [5.74, 6) is 0.970. The van der Waals surface area contributed by atoms with Crippen molar-refractivity contribution in [2.24, 2.45) is 0 Å².